The van der Waals surface area contributed by atoms with Gasteiger partial charge in [0, 0.05) is 5.56 Å². The summed E-state index contributed by atoms with van der Waals surface area (Å²) in [4.78, 5) is 30.4. The van der Waals surface area contributed by atoms with Gasteiger partial charge in [0.1, 0.15) is 17.2 Å². The molecular formula is C24H19N3O4. The average Bonchev–Trinajstić information content (AvgIpc) is 2.81. The molecule has 0 spiro atoms. The van der Waals surface area contributed by atoms with Crippen molar-refractivity contribution in [3.8, 4) is 11.5 Å². The maximum absolute atomic E-state index is 13.1. The maximum Gasteiger partial charge on any atom is 0.288 e. The number of phenols is 1. The number of aromatic hydroxyl groups is 1. The second kappa shape index (κ2) is 8.54. The van der Waals surface area contributed by atoms with Crippen LogP contribution in [0.4, 0.5) is 0 Å². The van der Waals surface area contributed by atoms with Crippen LogP contribution in [0.25, 0.3) is 6.08 Å². The number of hydrogen-bond acceptors (Lipinski definition) is 5. The SMILES string of the molecule is COc1ccc(/C=C2\N=C(c3ccccc3)N(C(=O)c3ccccc3O)NC2=O)cc1. The van der Waals surface area contributed by atoms with Crippen LogP contribution in [0.5, 0.6) is 11.5 Å². The highest BCUT2D eigenvalue weighted by Gasteiger charge is 2.31. The van der Waals surface area contributed by atoms with Crippen molar-refractivity contribution < 1.29 is 19.4 Å². The Morgan fingerprint density at radius 1 is 1.00 bits per heavy atom. The number of hydrogen-bond donors (Lipinski definition) is 2. The lowest BCUT2D eigenvalue weighted by Gasteiger charge is -2.29. The van der Waals surface area contributed by atoms with Gasteiger partial charge in [-0.1, -0.05) is 54.6 Å². The Labute approximate surface area is 178 Å². The molecule has 1 aliphatic heterocycles. The Hall–Kier alpha value is -4.39. The molecule has 0 unspecified atom stereocenters. The number of rotatable bonds is 4. The zero-order valence-corrected chi connectivity index (χ0v) is 16.6. The van der Waals surface area contributed by atoms with Gasteiger partial charge in [-0.3, -0.25) is 15.0 Å². The van der Waals surface area contributed by atoms with Gasteiger partial charge in [0.25, 0.3) is 11.8 Å². The maximum atomic E-state index is 13.1. The van der Waals surface area contributed by atoms with E-state index in [9.17, 15) is 14.7 Å². The molecule has 2 amide bonds. The molecular weight excluding hydrogens is 394 g/mol. The molecule has 3 aromatic rings. The molecule has 7 heteroatoms. The number of nitrogens with one attached hydrogen (secondary N) is 1. The van der Waals surface area contributed by atoms with E-state index in [1.807, 2.05) is 18.2 Å². The molecule has 2 N–H and O–H groups in total. The summed E-state index contributed by atoms with van der Waals surface area (Å²) in [5.74, 6) is -0.387. The van der Waals surface area contributed by atoms with Crippen LogP contribution in [0.15, 0.2) is 89.6 Å². The summed E-state index contributed by atoms with van der Waals surface area (Å²) in [6.07, 6.45) is 1.62. The summed E-state index contributed by atoms with van der Waals surface area (Å²) in [5.41, 5.74) is 4.17. The smallest absolute Gasteiger partial charge is 0.288 e. The Morgan fingerprint density at radius 2 is 1.68 bits per heavy atom. The number of para-hydroxylation sites is 1. The summed E-state index contributed by atoms with van der Waals surface area (Å²) in [5, 5.41) is 11.2. The molecule has 3 aromatic carbocycles. The molecule has 7 nitrogen and oxygen atoms in total. The molecule has 154 valence electrons. The standard InChI is InChI=1S/C24H19N3O4/c1-31-18-13-11-16(12-14-18)15-20-23(29)26-27(22(25-20)17-7-3-2-4-8-17)24(30)19-9-5-6-10-21(19)28/h2-15,28H,1H3,(H,26,29)/b20-15-. The second-order valence-corrected chi connectivity index (χ2v) is 6.70. The fourth-order valence-electron chi connectivity index (χ4n) is 3.09. The average molecular weight is 413 g/mol. The summed E-state index contributed by atoms with van der Waals surface area (Å²) < 4.78 is 5.16. The van der Waals surface area contributed by atoms with Crippen LogP contribution in [-0.2, 0) is 4.79 Å². The Morgan fingerprint density at radius 3 is 2.35 bits per heavy atom. The third kappa shape index (κ3) is 4.16. The van der Waals surface area contributed by atoms with E-state index < -0.39 is 11.8 Å². The fraction of sp³-hybridized carbons (Fsp3) is 0.0417. The predicted molar refractivity (Wildman–Crippen MR) is 116 cm³/mol. The lowest BCUT2D eigenvalue weighted by molar-refractivity contribution is -0.120. The first kappa shape index (κ1) is 19.9. The van der Waals surface area contributed by atoms with E-state index in [2.05, 4.69) is 10.4 Å². The van der Waals surface area contributed by atoms with Crippen molar-refractivity contribution in [2.75, 3.05) is 7.11 Å². The van der Waals surface area contributed by atoms with Crippen LogP contribution in [0, 0.1) is 0 Å². The molecule has 4 rings (SSSR count). The van der Waals surface area contributed by atoms with Crippen molar-refractivity contribution >= 4 is 23.7 Å². The number of aliphatic imine (C=N–C) groups is 1. The van der Waals surface area contributed by atoms with Crippen molar-refractivity contribution in [2.24, 2.45) is 4.99 Å². The number of benzene rings is 3. The Bertz CT molecular complexity index is 1180. The van der Waals surface area contributed by atoms with Gasteiger partial charge < -0.3 is 9.84 Å². The third-order valence-electron chi connectivity index (χ3n) is 4.67. The molecule has 0 bridgehead atoms. The van der Waals surface area contributed by atoms with Gasteiger partial charge in [0.15, 0.2) is 5.84 Å². The van der Waals surface area contributed by atoms with Gasteiger partial charge in [-0.2, -0.15) is 5.01 Å². The molecule has 0 atom stereocenters. The number of hydrazine groups is 1. The molecule has 0 radical (unpaired) electrons. The number of phenolic OH excluding ortho intramolecular Hbond substituents is 1. The zero-order valence-electron chi connectivity index (χ0n) is 16.6. The number of carbonyl (C=O) groups is 2. The normalized spacial score (nSPS) is 14.7. The van der Waals surface area contributed by atoms with Gasteiger partial charge in [-0.15, -0.1) is 0 Å². The van der Waals surface area contributed by atoms with Gasteiger partial charge in [-0.25, -0.2) is 4.99 Å². The highest BCUT2D eigenvalue weighted by Crippen LogP contribution is 2.22. The molecule has 0 saturated heterocycles. The number of nitrogens with zero attached hydrogens (tertiary/aromatic N) is 2. The lowest BCUT2D eigenvalue weighted by atomic mass is 10.1. The van der Waals surface area contributed by atoms with Crippen LogP contribution in [0.2, 0.25) is 0 Å². The first-order chi connectivity index (χ1) is 15.1. The summed E-state index contributed by atoms with van der Waals surface area (Å²) in [7, 11) is 1.58. The molecule has 1 aliphatic rings. The van der Waals surface area contributed by atoms with Crippen molar-refractivity contribution in [3.63, 3.8) is 0 Å². The minimum absolute atomic E-state index is 0.0500. The molecule has 0 aliphatic carbocycles. The van der Waals surface area contributed by atoms with E-state index in [0.717, 1.165) is 10.6 Å². The third-order valence-corrected chi connectivity index (χ3v) is 4.67. The molecule has 1 heterocycles. The monoisotopic (exact) mass is 413 g/mol. The highest BCUT2D eigenvalue weighted by atomic mass is 16.5. The van der Waals surface area contributed by atoms with Gasteiger partial charge in [0.05, 0.1) is 12.7 Å². The van der Waals surface area contributed by atoms with Crippen LogP contribution in [0.1, 0.15) is 21.5 Å². The van der Waals surface area contributed by atoms with Crippen LogP contribution >= 0.6 is 0 Å². The van der Waals surface area contributed by atoms with Gasteiger partial charge in [0.2, 0.25) is 0 Å². The van der Waals surface area contributed by atoms with Crippen molar-refractivity contribution in [3.05, 3.63) is 101 Å². The van der Waals surface area contributed by atoms with Gasteiger partial charge in [-0.05, 0) is 35.9 Å². The number of methoxy groups -OCH3 is 1. The number of amides is 2. The lowest BCUT2D eigenvalue weighted by Crippen LogP contribution is -2.53. The Balaban J connectivity index is 1.78. The molecule has 0 saturated carbocycles. The highest BCUT2D eigenvalue weighted by molar-refractivity contribution is 6.18. The largest absolute Gasteiger partial charge is 0.507 e. The number of carbonyl (C=O) groups excluding carboxylic acids is 2. The first-order valence-electron chi connectivity index (χ1n) is 9.50. The topological polar surface area (TPSA) is 91.2 Å². The Kier molecular flexibility index (Phi) is 5.49. The van der Waals surface area contributed by atoms with Crippen molar-refractivity contribution in [1.82, 2.24) is 10.4 Å². The zero-order chi connectivity index (χ0) is 21.8. The van der Waals surface area contributed by atoms with Crippen molar-refractivity contribution in [1.29, 1.82) is 0 Å². The van der Waals surface area contributed by atoms with E-state index >= 15 is 0 Å². The van der Waals surface area contributed by atoms with E-state index in [-0.39, 0.29) is 22.8 Å². The minimum atomic E-state index is -0.599. The van der Waals surface area contributed by atoms with E-state index in [4.69, 9.17) is 4.74 Å². The number of ether oxygens (including phenoxy) is 1. The quantitative estimate of drug-likeness (QED) is 0.642. The summed E-state index contributed by atoms with van der Waals surface area (Å²) >= 11 is 0. The van der Waals surface area contributed by atoms with Gasteiger partial charge >= 0.3 is 0 Å². The van der Waals surface area contributed by atoms with Crippen molar-refractivity contribution in [2.45, 2.75) is 0 Å². The fourth-order valence-corrected chi connectivity index (χ4v) is 3.09. The van der Waals surface area contributed by atoms with Crippen LogP contribution in [0.3, 0.4) is 0 Å². The van der Waals surface area contributed by atoms with Crippen LogP contribution < -0.4 is 10.2 Å². The molecule has 31 heavy (non-hydrogen) atoms. The first-order valence-corrected chi connectivity index (χ1v) is 9.50. The van der Waals surface area contributed by atoms with E-state index in [1.165, 1.54) is 12.1 Å². The number of amidine groups is 1. The summed E-state index contributed by atoms with van der Waals surface area (Å²) in [6.45, 7) is 0. The second-order valence-electron chi connectivity index (χ2n) is 6.70. The molecule has 0 aromatic heterocycles. The van der Waals surface area contributed by atoms with E-state index in [1.54, 1.807) is 61.7 Å². The van der Waals surface area contributed by atoms with E-state index in [0.29, 0.717) is 11.3 Å². The predicted octanol–water partition coefficient (Wildman–Crippen LogP) is 3.38. The van der Waals surface area contributed by atoms with Crippen LogP contribution in [-0.4, -0.2) is 34.9 Å². The summed E-state index contributed by atoms with van der Waals surface area (Å²) in [6, 6.07) is 22.3. The molecule has 0 fully saturated rings. The minimum Gasteiger partial charge on any atom is -0.507 e.